The third kappa shape index (κ3) is 4.46. The van der Waals surface area contributed by atoms with Crippen LogP contribution in [-0.4, -0.2) is 17.9 Å². The van der Waals surface area contributed by atoms with Gasteiger partial charge in [0.1, 0.15) is 5.82 Å². The van der Waals surface area contributed by atoms with Crippen molar-refractivity contribution in [3.8, 4) is 0 Å². The van der Waals surface area contributed by atoms with Crippen molar-refractivity contribution in [2.75, 3.05) is 17.7 Å². The summed E-state index contributed by atoms with van der Waals surface area (Å²) in [6.45, 7) is 2.01. The minimum absolute atomic E-state index is 0. The molecular weight excluding hydrogens is 286 g/mol. The van der Waals surface area contributed by atoms with Crippen LogP contribution in [0.1, 0.15) is 24.8 Å². The van der Waals surface area contributed by atoms with E-state index in [-0.39, 0.29) is 24.2 Å². The zero-order chi connectivity index (χ0) is 14.4. The molecular formula is C16H20ClN3O. The number of hydrogen-bond acceptors (Lipinski definition) is 3. The van der Waals surface area contributed by atoms with Crippen LogP contribution in [0.2, 0.25) is 0 Å². The summed E-state index contributed by atoms with van der Waals surface area (Å²) in [5.74, 6) is 0.635. The van der Waals surface area contributed by atoms with E-state index in [1.165, 1.54) is 0 Å². The smallest absolute Gasteiger partial charge is 0.231 e. The van der Waals surface area contributed by atoms with Gasteiger partial charge in [-0.15, -0.1) is 12.4 Å². The van der Waals surface area contributed by atoms with Gasteiger partial charge in [0, 0.05) is 7.05 Å². The highest BCUT2D eigenvalue weighted by Crippen LogP contribution is 2.21. The highest BCUT2D eigenvalue weighted by molar-refractivity contribution is 5.95. The van der Waals surface area contributed by atoms with Gasteiger partial charge < -0.3 is 10.6 Å². The lowest BCUT2D eigenvalue weighted by atomic mass is 9.95. The van der Waals surface area contributed by atoms with Gasteiger partial charge in [0.05, 0.1) is 17.8 Å². The SMILES string of the molecule is CCC(C(=O)Nc1ccc(NC)nc1)c1ccccc1.Cl. The Labute approximate surface area is 131 Å². The maximum Gasteiger partial charge on any atom is 0.231 e. The summed E-state index contributed by atoms with van der Waals surface area (Å²) in [6.07, 6.45) is 2.42. The van der Waals surface area contributed by atoms with Gasteiger partial charge in [-0.2, -0.15) is 0 Å². The Kier molecular flexibility index (Phi) is 6.69. The molecule has 0 aliphatic rings. The molecule has 0 radical (unpaired) electrons. The molecule has 21 heavy (non-hydrogen) atoms. The molecule has 0 bridgehead atoms. The van der Waals surface area contributed by atoms with Crippen LogP contribution in [0.4, 0.5) is 11.5 Å². The molecule has 112 valence electrons. The second kappa shape index (κ2) is 8.27. The number of amides is 1. The summed E-state index contributed by atoms with van der Waals surface area (Å²) in [5.41, 5.74) is 1.75. The molecule has 4 nitrogen and oxygen atoms in total. The number of anilines is 2. The van der Waals surface area contributed by atoms with Gasteiger partial charge in [-0.1, -0.05) is 37.3 Å². The van der Waals surface area contributed by atoms with E-state index in [0.717, 1.165) is 17.8 Å². The standard InChI is InChI=1S/C16H19N3O.ClH/c1-3-14(12-7-5-4-6-8-12)16(20)19-13-9-10-15(17-2)18-11-13;/h4-11,14H,3H2,1-2H3,(H,17,18)(H,19,20);1H. The number of halogens is 1. The molecule has 0 saturated heterocycles. The van der Waals surface area contributed by atoms with Crippen molar-refractivity contribution in [2.24, 2.45) is 0 Å². The predicted octanol–water partition coefficient (Wildman–Crippen LogP) is 3.68. The fourth-order valence-electron chi connectivity index (χ4n) is 2.10. The number of carbonyl (C=O) groups excluding carboxylic acids is 1. The molecule has 0 spiro atoms. The van der Waals surface area contributed by atoms with Crippen molar-refractivity contribution in [3.05, 3.63) is 54.2 Å². The lowest BCUT2D eigenvalue weighted by Gasteiger charge is -2.15. The van der Waals surface area contributed by atoms with Crippen LogP contribution in [0, 0.1) is 0 Å². The summed E-state index contributed by atoms with van der Waals surface area (Å²) in [7, 11) is 1.81. The van der Waals surface area contributed by atoms with E-state index >= 15 is 0 Å². The largest absolute Gasteiger partial charge is 0.373 e. The van der Waals surface area contributed by atoms with Crippen LogP contribution >= 0.6 is 12.4 Å². The molecule has 0 aliphatic heterocycles. The Morgan fingerprint density at radius 3 is 2.43 bits per heavy atom. The average Bonchev–Trinajstić information content (AvgIpc) is 2.50. The van der Waals surface area contributed by atoms with Crippen LogP contribution in [0.25, 0.3) is 0 Å². The molecule has 0 fully saturated rings. The summed E-state index contributed by atoms with van der Waals surface area (Å²) in [4.78, 5) is 16.5. The van der Waals surface area contributed by atoms with Crippen molar-refractivity contribution in [3.63, 3.8) is 0 Å². The van der Waals surface area contributed by atoms with Gasteiger partial charge in [0.2, 0.25) is 5.91 Å². The van der Waals surface area contributed by atoms with Gasteiger partial charge in [-0.25, -0.2) is 4.98 Å². The number of pyridine rings is 1. The number of nitrogens with one attached hydrogen (secondary N) is 2. The zero-order valence-electron chi connectivity index (χ0n) is 12.2. The van der Waals surface area contributed by atoms with Gasteiger partial charge in [0.25, 0.3) is 0 Å². The van der Waals surface area contributed by atoms with Crippen LogP contribution < -0.4 is 10.6 Å². The monoisotopic (exact) mass is 305 g/mol. The molecule has 0 aliphatic carbocycles. The van der Waals surface area contributed by atoms with Crippen molar-refractivity contribution in [2.45, 2.75) is 19.3 Å². The van der Waals surface area contributed by atoms with Crippen molar-refractivity contribution in [1.29, 1.82) is 0 Å². The van der Waals surface area contributed by atoms with Crippen LogP contribution in [0.15, 0.2) is 48.7 Å². The molecule has 1 amide bonds. The van der Waals surface area contributed by atoms with Gasteiger partial charge >= 0.3 is 0 Å². The Morgan fingerprint density at radius 2 is 1.90 bits per heavy atom. The number of aromatic nitrogens is 1. The van der Waals surface area contributed by atoms with Crippen LogP contribution in [0.5, 0.6) is 0 Å². The topological polar surface area (TPSA) is 54.0 Å². The van der Waals surface area contributed by atoms with E-state index in [4.69, 9.17) is 0 Å². The number of benzene rings is 1. The summed E-state index contributed by atoms with van der Waals surface area (Å²) < 4.78 is 0. The van der Waals surface area contributed by atoms with Crippen LogP contribution in [0.3, 0.4) is 0 Å². The molecule has 1 heterocycles. The highest BCUT2D eigenvalue weighted by atomic mass is 35.5. The number of carbonyl (C=O) groups is 1. The summed E-state index contributed by atoms with van der Waals surface area (Å²) in [6, 6.07) is 13.5. The van der Waals surface area contributed by atoms with E-state index in [2.05, 4.69) is 15.6 Å². The zero-order valence-corrected chi connectivity index (χ0v) is 13.0. The van der Waals surface area contributed by atoms with E-state index in [0.29, 0.717) is 5.69 Å². The number of hydrogen-bond donors (Lipinski definition) is 2. The first-order valence-corrected chi connectivity index (χ1v) is 6.74. The maximum absolute atomic E-state index is 12.3. The maximum atomic E-state index is 12.3. The molecule has 1 atom stereocenters. The molecule has 5 heteroatoms. The van der Waals surface area contributed by atoms with Gasteiger partial charge in [-0.05, 0) is 24.1 Å². The Morgan fingerprint density at radius 1 is 1.19 bits per heavy atom. The Bertz CT molecular complexity index is 557. The van der Waals surface area contributed by atoms with Crippen molar-refractivity contribution < 1.29 is 4.79 Å². The minimum atomic E-state index is -0.139. The molecule has 1 aromatic carbocycles. The van der Waals surface area contributed by atoms with Crippen molar-refractivity contribution >= 4 is 29.8 Å². The van der Waals surface area contributed by atoms with Crippen LogP contribution in [-0.2, 0) is 4.79 Å². The van der Waals surface area contributed by atoms with E-state index < -0.39 is 0 Å². The number of nitrogens with zero attached hydrogens (tertiary/aromatic N) is 1. The quantitative estimate of drug-likeness (QED) is 0.886. The third-order valence-electron chi connectivity index (χ3n) is 3.21. The van der Waals surface area contributed by atoms with Gasteiger partial charge in [-0.3, -0.25) is 4.79 Å². The Hall–Kier alpha value is -2.07. The highest BCUT2D eigenvalue weighted by Gasteiger charge is 2.18. The molecule has 2 rings (SSSR count). The van der Waals surface area contributed by atoms with Crippen molar-refractivity contribution in [1.82, 2.24) is 4.98 Å². The van der Waals surface area contributed by atoms with E-state index in [1.807, 2.05) is 56.4 Å². The predicted molar refractivity (Wildman–Crippen MR) is 89.1 cm³/mol. The summed E-state index contributed by atoms with van der Waals surface area (Å²) >= 11 is 0. The Balaban J connectivity index is 0.00000220. The minimum Gasteiger partial charge on any atom is -0.373 e. The first-order valence-electron chi connectivity index (χ1n) is 6.74. The van der Waals surface area contributed by atoms with Gasteiger partial charge in [0.15, 0.2) is 0 Å². The summed E-state index contributed by atoms with van der Waals surface area (Å²) in [5, 5.41) is 5.86. The lowest BCUT2D eigenvalue weighted by Crippen LogP contribution is -2.20. The first-order chi connectivity index (χ1) is 9.74. The third-order valence-corrected chi connectivity index (χ3v) is 3.21. The normalized spacial score (nSPS) is 11.1. The van der Waals surface area contributed by atoms with E-state index in [1.54, 1.807) is 6.20 Å². The molecule has 2 aromatic rings. The second-order valence-corrected chi connectivity index (χ2v) is 4.54. The first kappa shape index (κ1) is 17.0. The fraction of sp³-hybridized carbons (Fsp3) is 0.250. The van der Waals surface area contributed by atoms with E-state index in [9.17, 15) is 4.79 Å². The molecule has 1 unspecified atom stereocenters. The number of rotatable bonds is 5. The molecule has 0 saturated carbocycles. The fourth-order valence-corrected chi connectivity index (χ4v) is 2.10. The molecule has 2 N–H and O–H groups in total. The average molecular weight is 306 g/mol. The lowest BCUT2D eigenvalue weighted by molar-refractivity contribution is -0.117. The molecule has 1 aromatic heterocycles. The second-order valence-electron chi connectivity index (χ2n) is 4.54.